The number of nitrogens with one attached hydrogen (secondary N) is 2. The molecule has 0 bridgehead atoms. The quantitative estimate of drug-likeness (QED) is 0.653. The number of aromatic nitrogens is 1. The van der Waals surface area contributed by atoms with Gasteiger partial charge >= 0.3 is 0 Å². The lowest BCUT2D eigenvalue weighted by molar-refractivity contribution is 0.603. The average Bonchev–Trinajstić information content (AvgIpc) is 3.12. The molecule has 0 unspecified atom stereocenters. The number of sulfonamides is 1. The summed E-state index contributed by atoms with van der Waals surface area (Å²) in [4.78, 5) is 5.30. The van der Waals surface area contributed by atoms with Crippen molar-refractivity contribution >= 4 is 32.7 Å². The molecule has 0 spiro atoms. The standard InChI is InChI=1S/C18H19N3O2S2/c1-2-17-10-11-18(24-17)25(22,23)21-15-8-6-14(7-9-15)20-13-16-5-3-4-12-19-16/h3-12,20-21H,2,13H2,1H3. The number of thiophene rings is 1. The van der Waals surface area contributed by atoms with E-state index < -0.39 is 10.0 Å². The molecule has 0 saturated carbocycles. The van der Waals surface area contributed by atoms with Crippen LogP contribution >= 0.6 is 11.3 Å². The largest absolute Gasteiger partial charge is 0.379 e. The summed E-state index contributed by atoms with van der Waals surface area (Å²) in [5.74, 6) is 0. The van der Waals surface area contributed by atoms with Crippen LogP contribution in [0, 0.1) is 0 Å². The molecule has 0 saturated heterocycles. The van der Waals surface area contributed by atoms with Crippen LogP contribution in [0.15, 0.2) is 65.0 Å². The van der Waals surface area contributed by atoms with Crippen molar-refractivity contribution < 1.29 is 8.42 Å². The molecule has 0 aliphatic carbocycles. The molecule has 0 atom stereocenters. The molecule has 130 valence electrons. The summed E-state index contributed by atoms with van der Waals surface area (Å²) in [6, 6.07) is 16.4. The number of anilines is 2. The van der Waals surface area contributed by atoms with Gasteiger partial charge in [0.15, 0.2) is 0 Å². The summed E-state index contributed by atoms with van der Waals surface area (Å²) < 4.78 is 27.8. The smallest absolute Gasteiger partial charge is 0.271 e. The van der Waals surface area contributed by atoms with Gasteiger partial charge in [0.2, 0.25) is 0 Å². The number of benzene rings is 1. The van der Waals surface area contributed by atoms with Crippen LogP contribution in [0.4, 0.5) is 11.4 Å². The predicted molar refractivity (Wildman–Crippen MR) is 103 cm³/mol. The van der Waals surface area contributed by atoms with Gasteiger partial charge in [0.05, 0.1) is 12.2 Å². The van der Waals surface area contributed by atoms with Crippen molar-refractivity contribution in [3.05, 3.63) is 71.4 Å². The van der Waals surface area contributed by atoms with Gasteiger partial charge < -0.3 is 5.32 Å². The molecular formula is C18H19N3O2S2. The highest BCUT2D eigenvalue weighted by molar-refractivity contribution is 7.94. The fourth-order valence-corrected chi connectivity index (χ4v) is 4.60. The summed E-state index contributed by atoms with van der Waals surface area (Å²) in [5.41, 5.74) is 2.38. The molecule has 7 heteroatoms. The van der Waals surface area contributed by atoms with Crippen molar-refractivity contribution in [2.24, 2.45) is 0 Å². The Morgan fingerprint density at radius 1 is 1.00 bits per heavy atom. The van der Waals surface area contributed by atoms with Crippen LogP contribution in [-0.4, -0.2) is 13.4 Å². The van der Waals surface area contributed by atoms with Crippen LogP contribution in [0.5, 0.6) is 0 Å². The monoisotopic (exact) mass is 373 g/mol. The van der Waals surface area contributed by atoms with E-state index in [0.29, 0.717) is 16.4 Å². The van der Waals surface area contributed by atoms with E-state index in [4.69, 9.17) is 0 Å². The van der Waals surface area contributed by atoms with Crippen molar-refractivity contribution in [2.75, 3.05) is 10.0 Å². The average molecular weight is 374 g/mol. The lowest BCUT2D eigenvalue weighted by Gasteiger charge is -2.09. The first-order valence-electron chi connectivity index (χ1n) is 7.92. The number of hydrogen-bond donors (Lipinski definition) is 2. The van der Waals surface area contributed by atoms with Gasteiger partial charge in [-0.25, -0.2) is 8.42 Å². The summed E-state index contributed by atoms with van der Waals surface area (Å²) in [6.07, 6.45) is 2.58. The Hall–Kier alpha value is -2.38. The van der Waals surface area contributed by atoms with Gasteiger partial charge in [-0.1, -0.05) is 13.0 Å². The number of aryl methyl sites for hydroxylation is 1. The fourth-order valence-electron chi connectivity index (χ4n) is 2.25. The zero-order chi connectivity index (χ0) is 17.7. The highest BCUT2D eigenvalue weighted by Gasteiger charge is 2.16. The maximum Gasteiger partial charge on any atom is 0.271 e. The van der Waals surface area contributed by atoms with Crippen molar-refractivity contribution in [3.8, 4) is 0 Å². The van der Waals surface area contributed by atoms with Crippen molar-refractivity contribution in [1.29, 1.82) is 0 Å². The number of rotatable bonds is 7. The van der Waals surface area contributed by atoms with Crippen LogP contribution in [-0.2, 0) is 23.0 Å². The summed E-state index contributed by atoms with van der Waals surface area (Å²) in [6.45, 7) is 2.62. The maximum atomic E-state index is 12.4. The summed E-state index contributed by atoms with van der Waals surface area (Å²) >= 11 is 1.30. The van der Waals surface area contributed by atoms with Crippen molar-refractivity contribution in [3.63, 3.8) is 0 Å². The Balaban J connectivity index is 1.64. The van der Waals surface area contributed by atoms with Crippen LogP contribution in [0.3, 0.4) is 0 Å². The number of hydrogen-bond acceptors (Lipinski definition) is 5. The Labute approximate surface area is 151 Å². The van der Waals surface area contributed by atoms with E-state index in [2.05, 4.69) is 15.0 Å². The van der Waals surface area contributed by atoms with Gasteiger partial charge in [-0.15, -0.1) is 11.3 Å². The normalized spacial score (nSPS) is 11.2. The van der Waals surface area contributed by atoms with Gasteiger partial charge in [-0.2, -0.15) is 0 Å². The zero-order valence-corrected chi connectivity index (χ0v) is 15.4. The summed E-state index contributed by atoms with van der Waals surface area (Å²) in [7, 11) is -3.53. The van der Waals surface area contributed by atoms with Gasteiger partial charge in [-0.05, 0) is 55.0 Å². The highest BCUT2D eigenvalue weighted by Crippen LogP contribution is 2.25. The molecule has 0 radical (unpaired) electrons. The Morgan fingerprint density at radius 3 is 2.40 bits per heavy atom. The SMILES string of the molecule is CCc1ccc(S(=O)(=O)Nc2ccc(NCc3ccccn3)cc2)s1. The molecule has 0 aliphatic heterocycles. The van der Waals surface area contributed by atoms with Gasteiger partial charge in [0, 0.05) is 22.4 Å². The van der Waals surface area contributed by atoms with E-state index in [1.807, 2.05) is 43.3 Å². The van der Waals surface area contributed by atoms with E-state index >= 15 is 0 Å². The minimum atomic E-state index is -3.53. The van der Waals surface area contributed by atoms with Crippen LogP contribution in [0.2, 0.25) is 0 Å². The van der Waals surface area contributed by atoms with E-state index in [1.54, 1.807) is 24.4 Å². The third-order valence-corrected chi connectivity index (χ3v) is 6.69. The predicted octanol–water partition coefficient (Wildman–Crippen LogP) is 4.12. The van der Waals surface area contributed by atoms with Gasteiger partial charge in [0.1, 0.15) is 4.21 Å². The third-order valence-electron chi connectivity index (χ3n) is 3.59. The summed E-state index contributed by atoms with van der Waals surface area (Å²) in [5, 5.41) is 3.26. The van der Waals surface area contributed by atoms with E-state index in [1.165, 1.54) is 11.3 Å². The molecule has 3 aromatic rings. The lowest BCUT2D eigenvalue weighted by atomic mass is 10.3. The molecule has 2 aromatic heterocycles. The van der Waals surface area contributed by atoms with E-state index in [-0.39, 0.29) is 0 Å². The first kappa shape index (κ1) is 17.4. The molecule has 2 N–H and O–H groups in total. The fraction of sp³-hybridized carbons (Fsp3) is 0.167. The molecule has 25 heavy (non-hydrogen) atoms. The second kappa shape index (κ2) is 7.67. The van der Waals surface area contributed by atoms with Crippen LogP contribution < -0.4 is 10.0 Å². The number of nitrogens with zero attached hydrogens (tertiary/aromatic N) is 1. The van der Waals surface area contributed by atoms with Gasteiger partial charge in [0.25, 0.3) is 10.0 Å². The highest BCUT2D eigenvalue weighted by atomic mass is 32.2. The molecule has 2 heterocycles. The molecule has 3 rings (SSSR count). The molecule has 5 nitrogen and oxygen atoms in total. The first-order valence-corrected chi connectivity index (χ1v) is 10.2. The number of pyridine rings is 1. The second-order valence-corrected chi connectivity index (χ2v) is 8.51. The van der Waals surface area contributed by atoms with E-state index in [0.717, 1.165) is 22.7 Å². The molecule has 0 fully saturated rings. The second-order valence-electron chi connectivity index (χ2n) is 5.43. The van der Waals surface area contributed by atoms with Crippen LogP contribution in [0.25, 0.3) is 0 Å². The maximum absolute atomic E-state index is 12.4. The zero-order valence-electron chi connectivity index (χ0n) is 13.8. The third kappa shape index (κ3) is 4.58. The van der Waals surface area contributed by atoms with Crippen molar-refractivity contribution in [2.45, 2.75) is 24.1 Å². The minimum Gasteiger partial charge on any atom is -0.379 e. The van der Waals surface area contributed by atoms with Gasteiger partial charge in [-0.3, -0.25) is 9.71 Å². The Morgan fingerprint density at radius 2 is 1.76 bits per heavy atom. The van der Waals surface area contributed by atoms with E-state index in [9.17, 15) is 8.42 Å². The lowest BCUT2D eigenvalue weighted by Crippen LogP contribution is -2.11. The first-order chi connectivity index (χ1) is 12.1. The topological polar surface area (TPSA) is 71.1 Å². The molecule has 0 amide bonds. The molecule has 0 aliphatic rings. The Bertz CT molecular complexity index is 920. The molecular weight excluding hydrogens is 354 g/mol. The Kier molecular flexibility index (Phi) is 5.35. The molecule has 1 aromatic carbocycles. The van der Waals surface area contributed by atoms with Crippen molar-refractivity contribution in [1.82, 2.24) is 4.98 Å². The van der Waals surface area contributed by atoms with Crippen LogP contribution in [0.1, 0.15) is 17.5 Å². The minimum absolute atomic E-state index is 0.335.